The van der Waals surface area contributed by atoms with Gasteiger partial charge in [0.25, 0.3) is 0 Å². The van der Waals surface area contributed by atoms with Crippen molar-refractivity contribution < 1.29 is 19.1 Å². The maximum absolute atomic E-state index is 11.7. The standard InChI is InChI=1S/C14H19NO4/c1-14(2,3)19-9-12(16)15-11-8-6-5-7-10(11)13(17)18-4/h5-8H,9H2,1-4H3,(H,15,16). The average Bonchev–Trinajstić information content (AvgIpc) is 2.35. The molecule has 1 aromatic carbocycles. The monoisotopic (exact) mass is 265 g/mol. The van der Waals surface area contributed by atoms with Crippen LogP contribution in [0.2, 0.25) is 0 Å². The summed E-state index contributed by atoms with van der Waals surface area (Å²) >= 11 is 0. The fourth-order valence-corrected chi connectivity index (χ4v) is 1.35. The summed E-state index contributed by atoms with van der Waals surface area (Å²) in [4.78, 5) is 23.3. The van der Waals surface area contributed by atoms with Crippen LogP contribution >= 0.6 is 0 Å². The van der Waals surface area contributed by atoms with Gasteiger partial charge in [-0.1, -0.05) is 12.1 Å². The molecular formula is C14H19NO4. The van der Waals surface area contributed by atoms with E-state index in [1.165, 1.54) is 7.11 Å². The maximum Gasteiger partial charge on any atom is 0.339 e. The van der Waals surface area contributed by atoms with Gasteiger partial charge < -0.3 is 14.8 Å². The number of hydrogen-bond donors (Lipinski definition) is 1. The number of carbonyl (C=O) groups is 2. The second-order valence-corrected chi connectivity index (χ2v) is 4.99. The minimum absolute atomic E-state index is 0.0704. The Morgan fingerprint density at radius 1 is 1.21 bits per heavy atom. The average molecular weight is 265 g/mol. The van der Waals surface area contributed by atoms with E-state index >= 15 is 0 Å². The summed E-state index contributed by atoms with van der Waals surface area (Å²) in [6.45, 7) is 5.52. The predicted molar refractivity (Wildman–Crippen MR) is 72.1 cm³/mol. The van der Waals surface area contributed by atoms with Crippen LogP contribution in [0.5, 0.6) is 0 Å². The molecular weight excluding hydrogens is 246 g/mol. The molecule has 0 atom stereocenters. The second-order valence-electron chi connectivity index (χ2n) is 4.99. The van der Waals surface area contributed by atoms with Gasteiger partial charge in [-0.05, 0) is 32.9 Å². The van der Waals surface area contributed by atoms with E-state index in [9.17, 15) is 9.59 Å². The molecule has 1 amide bonds. The van der Waals surface area contributed by atoms with Gasteiger partial charge in [-0.3, -0.25) is 4.79 Å². The van der Waals surface area contributed by atoms with Crippen LogP contribution in [0.25, 0.3) is 0 Å². The van der Waals surface area contributed by atoms with Crippen LogP contribution in [0.3, 0.4) is 0 Å². The number of methoxy groups -OCH3 is 1. The molecule has 104 valence electrons. The molecule has 0 bridgehead atoms. The molecule has 0 aliphatic rings. The van der Waals surface area contributed by atoms with Crippen molar-refractivity contribution in [3.63, 3.8) is 0 Å². The molecule has 0 heterocycles. The Balaban J connectivity index is 2.72. The van der Waals surface area contributed by atoms with Crippen molar-refractivity contribution in [1.29, 1.82) is 0 Å². The minimum Gasteiger partial charge on any atom is -0.465 e. The van der Waals surface area contributed by atoms with Crippen molar-refractivity contribution in [3.05, 3.63) is 29.8 Å². The number of para-hydroxylation sites is 1. The van der Waals surface area contributed by atoms with E-state index in [1.54, 1.807) is 24.3 Å². The lowest BCUT2D eigenvalue weighted by Crippen LogP contribution is -2.27. The minimum atomic E-state index is -0.493. The number of hydrogen-bond acceptors (Lipinski definition) is 4. The van der Waals surface area contributed by atoms with Crippen molar-refractivity contribution in [2.24, 2.45) is 0 Å². The molecule has 19 heavy (non-hydrogen) atoms. The van der Waals surface area contributed by atoms with Crippen molar-refractivity contribution >= 4 is 17.6 Å². The molecule has 0 aliphatic heterocycles. The maximum atomic E-state index is 11.7. The van der Waals surface area contributed by atoms with Crippen LogP contribution in [0.15, 0.2) is 24.3 Å². The molecule has 0 aromatic heterocycles. The molecule has 5 nitrogen and oxygen atoms in total. The number of anilines is 1. The Bertz CT molecular complexity index is 463. The van der Waals surface area contributed by atoms with E-state index in [-0.39, 0.29) is 18.1 Å². The van der Waals surface area contributed by atoms with Crippen molar-refractivity contribution in [1.82, 2.24) is 0 Å². The van der Waals surface area contributed by atoms with Crippen molar-refractivity contribution in [2.75, 3.05) is 19.0 Å². The number of nitrogens with one attached hydrogen (secondary N) is 1. The summed E-state index contributed by atoms with van der Waals surface area (Å²) in [6.07, 6.45) is 0. The zero-order valence-electron chi connectivity index (χ0n) is 11.6. The van der Waals surface area contributed by atoms with Crippen LogP contribution in [-0.2, 0) is 14.3 Å². The Morgan fingerprint density at radius 3 is 2.42 bits per heavy atom. The molecule has 1 rings (SSSR count). The van der Waals surface area contributed by atoms with E-state index in [0.717, 1.165) is 0 Å². The van der Waals surface area contributed by atoms with Gasteiger partial charge in [0, 0.05) is 0 Å². The Kier molecular flexibility index (Phi) is 5.06. The molecule has 1 aromatic rings. The third-order valence-electron chi connectivity index (χ3n) is 2.24. The summed E-state index contributed by atoms with van der Waals surface area (Å²) in [5.74, 6) is -0.807. The molecule has 0 saturated carbocycles. The van der Waals surface area contributed by atoms with E-state index in [4.69, 9.17) is 4.74 Å². The summed E-state index contributed by atoms with van der Waals surface area (Å²) in [7, 11) is 1.30. The highest BCUT2D eigenvalue weighted by atomic mass is 16.5. The zero-order valence-corrected chi connectivity index (χ0v) is 11.6. The largest absolute Gasteiger partial charge is 0.465 e. The predicted octanol–water partition coefficient (Wildman–Crippen LogP) is 2.23. The zero-order chi connectivity index (χ0) is 14.5. The highest BCUT2D eigenvalue weighted by Crippen LogP contribution is 2.16. The molecule has 0 radical (unpaired) electrons. The van der Waals surface area contributed by atoms with Crippen LogP contribution in [0.4, 0.5) is 5.69 Å². The van der Waals surface area contributed by atoms with Crippen LogP contribution in [0, 0.1) is 0 Å². The molecule has 0 aliphatic carbocycles. The van der Waals surface area contributed by atoms with Gasteiger partial charge in [-0.25, -0.2) is 4.79 Å². The lowest BCUT2D eigenvalue weighted by Gasteiger charge is -2.19. The first-order chi connectivity index (χ1) is 8.83. The van der Waals surface area contributed by atoms with Gasteiger partial charge in [-0.15, -0.1) is 0 Å². The summed E-state index contributed by atoms with van der Waals surface area (Å²) in [6, 6.07) is 6.66. The third kappa shape index (κ3) is 5.09. The first-order valence-electron chi connectivity index (χ1n) is 5.94. The van der Waals surface area contributed by atoms with Gasteiger partial charge in [0.1, 0.15) is 6.61 Å². The molecule has 5 heteroatoms. The van der Waals surface area contributed by atoms with Gasteiger partial charge in [0.2, 0.25) is 5.91 Å². The van der Waals surface area contributed by atoms with Crippen molar-refractivity contribution in [3.8, 4) is 0 Å². The number of ether oxygens (including phenoxy) is 2. The van der Waals surface area contributed by atoms with Gasteiger partial charge in [0.05, 0.1) is 24.0 Å². The summed E-state index contributed by atoms with van der Waals surface area (Å²) in [5.41, 5.74) is 0.338. The van der Waals surface area contributed by atoms with Crippen molar-refractivity contribution in [2.45, 2.75) is 26.4 Å². The van der Waals surface area contributed by atoms with Crippen LogP contribution in [-0.4, -0.2) is 31.2 Å². The highest BCUT2D eigenvalue weighted by Gasteiger charge is 2.16. The number of carbonyl (C=O) groups excluding carboxylic acids is 2. The van der Waals surface area contributed by atoms with E-state index in [2.05, 4.69) is 10.1 Å². The number of esters is 1. The van der Waals surface area contributed by atoms with Gasteiger partial charge in [-0.2, -0.15) is 0 Å². The lowest BCUT2D eigenvalue weighted by molar-refractivity contribution is -0.125. The molecule has 0 unspecified atom stereocenters. The Morgan fingerprint density at radius 2 is 1.84 bits per heavy atom. The third-order valence-corrected chi connectivity index (χ3v) is 2.24. The number of benzene rings is 1. The molecule has 1 N–H and O–H groups in total. The van der Waals surface area contributed by atoms with E-state index in [1.807, 2.05) is 20.8 Å². The van der Waals surface area contributed by atoms with Crippen LogP contribution in [0.1, 0.15) is 31.1 Å². The second kappa shape index (κ2) is 6.33. The van der Waals surface area contributed by atoms with Gasteiger partial charge >= 0.3 is 5.97 Å². The summed E-state index contributed by atoms with van der Waals surface area (Å²) in [5, 5.41) is 2.63. The summed E-state index contributed by atoms with van der Waals surface area (Å²) < 4.78 is 10.0. The first kappa shape index (κ1) is 15.2. The van der Waals surface area contributed by atoms with E-state index < -0.39 is 5.97 Å². The van der Waals surface area contributed by atoms with E-state index in [0.29, 0.717) is 11.3 Å². The SMILES string of the molecule is COC(=O)c1ccccc1NC(=O)COC(C)(C)C. The smallest absolute Gasteiger partial charge is 0.339 e. The lowest BCUT2D eigenvalue weighted by atomic mass is 10.2. The fraction of sp³-hybridized carbons (Fsp3) is 0.429. The Hall–Kier alpha value is -1.88. The molecule has 0 saturated heterocycles. The number of amides is 1. The Labute approximate surface area is 112 Å². The first-order valence-corrected chi connectivity index (χ1v) is 5.94. The number of rotatable bonds is 4. The molecule has 0 spiro atoms. The fourth-order valence-electron chi connectivity index (χ4n) is 1.35. The quantitative estimate of drug-likeness (QED) is 0.848. The van der Waals surface area contributed by atoms with Gasteiger partial charge in [0.15, 0.2) is 0 Å². The normalized spacial score (nSPS) is 10.9. The topological polar surface area (TPSA) is 64.6 Å². The highest BCUT2D eigenvalue weighted by molar-refractivity contribution is 6.01. The molecule has 0 fully saturated rings. The van der Waals surface area contributed by atoms with Crippen LogP contribution < -0.4 is 5.32 Å².